The van der Waals surface area contributed by atoms with E-state index in [0.29, 0.717) is 30.3 Å². The van der Waals surface area contributed by atoms with Crippen LogP contribution in [0.1, 0.15) is 24.2 Å². The summed E-state index contributed by atoms with van der Waals surface area (Å²) < 4.78 is 5.47. The topological polar surface area (TPSA) is 76.4 Å². The van der Waals surface area contributed by atoms with Crippen molar-refractivity contribution in [2.45, 2.75) is 13.8 Å². The minimum atomic E-state index is -0.140. The van der Waals surface area contributed by atoms with E-state index >= 15 is 0 Å². The lowest BCUT2D eigenvalue weighted by Crippen LogP contribution is -2.18. The van der Waals surface area contributed by atoms with Gasteiger partial charge in [0.1, 0.15) is 0 Å². The van der Waals surface area contributed by atoms with Crippen molar-refractivity contribution in [3.05, 3.63) is 23.8 Å². The van der Waals surface area contributed by atoms with E-state index in [1.165, 1.54) is 0 Å². The van der Waals surface area contributed by atoms with Gasteiger partial charge in [-0.15, -0.1) is 0 Å². The Morgan fingerprint density at radius 2 is 2.16 bits per heavy atom. The van der Waals surface area contributed by atoms with Gasteiger partial charge in [0.25, 0.3) is 5.91 Å². The zero-order valence-electron chi connectivity index (χ0n) is 11.8. The van der Waals surface area contributed by atoms with Gasteiger partial charge in [-0.25, -0.2) is 0 Å². The molecule has 4 N–H and O–H groups in total. The van der Waals surface area contributed by atoms with Crippen molar-refractivity contribution in [2.24, 2.45) is 5.92 Å². The number of nitrogen functional groups attached to an aromatic ring is 1. The number of ether oxygens (including phenoxy) is 1. The summed E-state index contributed by atoms with van der Waals surface area (Å²) in [5.74, 6) is 0.399. The predicted octanol–water partition coefficient (Wildman–Crippen LogP) is 1.71. The lowest BCUT2D eigenvalue weighted by Gasteiger charge is -2.11. The number of rotatable bonds is 7. The molecule has 0 aliphatic carbocycles. The van der Waals surface area contributed by atoms with E-state index in [1.54, 1.807) is 19.2 Å². The van der Waals surface area contributed by atoms with Gasteiger partial charge in [0.2, 0.25) is 0 Å². The quantitative estimate of drug-likeness (QED) is 0.518. The minimum absolute atomic E-state index is 0.140. The Hall–Kier alpha value is -1.75. The molecule has 0 saturated carbocycles. The van der Waals surface area contributed by atoms with Gasteiger partial charge in [0.15, 0.2) is 0 Å². The van der Waals surface area contributed by atoms with Gasteiger partial charge in [-0.3, -0.25) is 4.79 Å². The van der Waals surface area contributed by atoms with Crippen molar-refractivity contribution in [1.29, 1.82) is 0 Å². The van der Waals surface area contributed by atoms with E-state index in [9.17, 15) is 4.79 Å². The molecule has 1 rings (SSSR count). The maximum absolute atomic E-state index is 11.4. The van der Waals surface area contributed by atoms with Crippen molar-refractivity contribution >= 4 is 17.3 Å². The highest BCUT2D eigenvalue weighted by atomic mass is 16.5. The number of amides is 1. The Balaban J connectivity index is 2.44. The normalized spacial score (nSPS) is 10.5. The first-order chi connectivity index (χ1) is 9.04. The predicted molar refractivity (Wildman–Crippen MR) is 78.4 cm³/mol. The highest BCUT2D eigenvalue weighted by Gasteiger charge is 2.06. The highest BCUT2D eigenvalue weighted by molar-refractivity contribution is 5.95. The number of benzene rings is 1. The number of hydrogen-bond acceptors (Lipinski definition) is 4. The Morgan fingerprint density at radius 1 is 1.42 bits per heavy atom. The molecule has 5 heteroatoms. The monoisotopic (exact) mass is 265 g/mol. The van der Waals surface area contributed by atoms with Gasteiger partial charge in [-0.05, 0) is 24.1 Å². The molecule has 0 radical (unpaired) electrons. The fourth-order valence-electron chi connectivity index (χ4n) is 1.59. The summed E-state index contributed by atoms with van der Waals surface area (Å²) >= 11 is 0. The van der Waals surface area contributed by atoms with Crippen LogP contribution in [0, 0.1) is 5.92 Å². The molecule has 0 aromatic heterocycles. The molecule has 0 aliphatic heterocycles. The van der Waals surface area contributed by atoms with E-state index in [1.807, 2.05) is 6.07 Å². The van der Waals surface area contributed by atoms with Crippen LogP contribution in [-0.4, -0.2) is 32.7 Å². The average Bonchev–Trinajstić information content (AvgIpc) is 2.38. The van der Waals surface area contributed by atoms with Gasteiger partial charge in [-0.2, -0.15) is 0 Å². The van der Waals surface area contributed by atoms with Gasteiger partial charge >= 0.3 is 0 Å². The molecule has 0 fully saturated rings. The molecule has 0 aliphatic rings. The van der Waals surface area contributed by atoms with E-state index in [2.05, 4.69) is 24.5 Å². The molecule has 0 heterocycles. The SMILES string of the molecule is CNC(=O)c1ccc(NCCOCC(C)C)c(N)c1. The molecular weight excluding hydrogens is 242 g/mol. The van der Waals surface area contributed by atoms with Crippen LogP contribution in [0.2, 0.25) is 0 Å². The highest BCUT2D eigenvalue weighted by Crippen LogP contribution is 2.19. The molecule has 19 heavy (non-hydrogen) atoms. The summed E-state index contributed by atoms with van der Waals surface area (Å²) in [6.07, 6.45) is 0. The second-order valence-corrected chi connectivity index (χ2v) is 4.78. The molecule has 0 unspecified atom stereocenters. The number of hydrogen-bond donors (Lipinski definition) is 3. The van der Waals surface area contributed by atoms with Crippen LogP contribution in [0.5, 0.6) is 0 Å². The van der Waals surface area contributed by atoms with Gasteiger partial charge in [-0.1, -0.05) is 13.8 Å². The third-order valence-electron chi connectivity index (χ3n) is 2.55. The average molecular weight is 265 g/mol. The second kappa shape index (κ2) is 7.63. The van der Waals surface area contributed by atoms with Crippen LogP contribution in [0.15, 0.2) is 18.2 Å². The number of anilines is 2. The van der Waals surface area contributed by atoms with Crippen LogP contribution in [0.25, 0.3) is 0 Å². The molecule has 0 spiro atoms. The third kappa shape index (κ3) is 5.18. The molecule has 0 atom stereocenters. The number of carbonyl (C=O) groups excluding carboxylic acids is 1. The smallest absolute Gasteiger partial charge is 0.251 e. The van der Waals surface area contributed by atoms with Crippen LogP contribution in [0.3, 0.4) is 0 Å². The minimum Gasteiger partial charge on any atom is -0.397 e. The molecule has 106 valence electrons. The number of nitrogens with one attached hydrogen (secondary N) is 2. The zero-order chi connectivity index (χ0) is 14.3. The van der Waals surface area contributed by atoms with Crippen molar-refractivity contribution in [1.82, 2.24) is 5.32 Å². The van der Waals surface area contributed by atoms with Crippen molar-refractivity contribution in [3.63, 3.8) is 0 Å². The first kappa shape index (κ1) is 15.3. The van der Waals surface area contributed by atoms with Crippen LogP contribution in [0.4, 0.5) is 11.4 Å². The van der Waals surface area contributed by atoms with Gasteiger partial charge in [0.05, 0.1) is 18.0 Å². The second-order valence-electron chi connectivity index (χ2n) is 4.78. The fourth-order valence-corrected chi connectivity index (χ4v) is 1.59. The van der Waals surface area contributed by atoms with Crippen molar-refractivity contribution in [3.8, 4) is 0 Å². The lowest BCUT2D eigenvalue weighted by molar-refractivity contribution is 0.0963. The standard InChI is InChI=1S/C14H23N3O2/c1-10(2)9-19-7-6-17-13-5-4-11(8-12(13)15)14(18)16-3/h4-5,8,10,17H,6-7,9,15H2,1-3H3,(H,16,18). The summed E-state index contributed by atoms with van der Waals surface area (Å²) in [7, 11) is 1.59. The maximum atomic E-state index is 11.4. The summed E-state index contributed by atoms with van der Waals surface area (Å²) in [6, 6.07) is 5.21. The Kier molecular flexibility index (Phi) is 6.15. The van der Waals surface area contributed by atoms with Crippen LogP contribution in [-0.2, 0) is 4.74 Å². The van der Waals surface area contributed by atoms with Gasteiger partial charge in [0, 0.05) is 25.8 Å². The Labute approximate surface area is 114 Å². The Bertz CT molecular complexity index is 419. The molecule has 1 aromatic carbocycles. The first-order valence-corrected chi connectivity index (χ1v) is 6.47. The maximum Gasteiger partial charge on any atom is 0.251 e. The fraction of sp³-hybridized carbons (Fsp3) is 0.500. The van der Waals surface area contributed by atoms with Gasteiger partial charge < -0.3 is 21.1 Å². The molecule has 0 saturated heterocycles. The molecule has 5 nitrogen and oxygen atoms in total. The van der Waals surface area contributed by atoms with Crippen LogP contribution < -0.4 is 16.4 Å². The molecular formula is C14H23N3O2. The van der Waals surface area contributed by atoms with Crippen molar-refractivity contribution in [2.75, 3.05) is 37.9 Å². The van der Waals surface area contributed by atoms with E-state index in [-0.39, 0.29) is 5.91 Å². The largest absolute Gasteiger partial charge is 0.397 e. The first-order valence-electron chi connectivity index (χ1n) is 6.47. The van der Waals surface area contributed by atoms with Crippen LogP contribution >= 0.6 is 0 Å². The summed E-state index contributed by atoms with van der Waals surface area (Å²) in [6.45, 7) is 6.31. The van der Waals surface area contributed by atoms with E-state index in [0.717, 1.165) is 12.3 Å². The summed E-state index contributed by atoms with van der Waals surface area (Å²) in [5, 5.41) is 5.75. The molecule has 1 aromatic rings. The van der Waals surface area contributed by atoms with Crippen molar-refractivity contribution < 1.29 is 9.53 Å². The zero-order valence-corrected chi connectivity index (χ0v) is 11.8. The lowest BCUT2D eigenvalue weighted by atomic mass is 10.1. The summed E-state index contributed by atoms with van der Waals surface area (Å²) in [4.78, 5) is 11.4. The third-order valence-corrected chi connectivity index (χ3v) is 2.55. The Morgan fingerprint density at radius 3 is 2.74 bits per heavy atom. The van der Waals surface area contributed by atoms with E-state index < -0.39 is 0 Å². The number of carbonyl (C=O) groups is 1. The van der Waals surface area contributed by atoms with E-state index in [4.69, 9.17) is 10.5 Å². The molecule has 0 bridgehead atoms. The number of nitrogens with two attached hydrogens (primary N) is 1. The molecule has 1 amide bonds. The summed E-state index contributed by atoms with van der Waals surface area (Å²) in [5.41, 5.74) is 7.83.